The minimum Gasteiger partial charge on any atom is -0.493 e. The Bertz CT molecular complexity index is 1120. The molecule has 34 heavy (non-hydrogen) atoms. The molecular weight excluding hydrogens is 515 g/mol. The van der Waals surface area contributed by atoms with Gasteiger partial charge in [-0.3, -0.25) is 14.5 Å². The Kier molecular flexibility index (Phi) is 9.64. The van der Waals surface area contributed by atoms with Crippen LogP contribution in [0.25, 0.3) is 6.08 Å². The lowest BCUT2D eigenvalue weighted by atomic mass is 10.1. The maximum Gasteiger partial charge on any atom is 0.266 e. The Morgan fingerprint density at radius 1 is 1.09 bits per heavy atom. The smallest absolute Gasteiger partial charge is 0.266 e. The summed E-state index contributed by atoms with van der Waals surface area (Å²) in [6.45, 7) is 0.512. The molecule has 0 spiro atoms. The average Bonchev–Trinajstić information content (AvgIpc) is 3.07. The summed E-state index contributed by atoms with van der Waals surface area (Å²) in [5.74, 6) is 0.985. The van der Waals surface area contributed by atoms with Gasteiger partial charge in [-0.1, -0.05) is 59.7 Å². The fraction of sp³-hybridized carbons (Fsp3) is 0.292. The van der Waals surface area contributed by atoms with Gasteiger partial charge in [0.05, 0.1) is 29.8 Å². The third-order valence-corrected chi connectivity index (χ3v) is 7.00. The van der Waals surface area contributed by atoms with E-state index in [4.69, 9.17) is 44.9 Å². The summed E-state index contributed by atoms with van der Waals surface area (Å²) >= 11 is 18.6. The van der Waals surface area contributed by atoms with Gasteiger partial charge in [0.15, 0.2) is 11.5 Å². The van der Waals surface area contributed by atoms with Gasteiger partial charge in [0.2, 0.25) is 5.91 Å². The first-order valence-corrected chi connectivity index (χ1v) is 12.5. The number of carbonyl (C=O) groups is 2. The fourth-order valence-corrected chi connectivity index (χ4v) is 5.09. The monoisotopic (exact) mass is 538 g/mol. The minimum absolute atomic E-state index is 0.111. The minimum atomic E-state index is -0.118. The normalized spacial score (nSPS) is 14.6. The predicted octanol–water partition coefficient (Wildman–Crippen LogP) is 6.41. The highest BCUT2D eigenvalue weighted by Crippen LogP contribution is 2.35. The Labute approximate surface area is 218 Å². The van der Waals surface area contributed by atoms with Gasteiger partial charge in [0.1, 0.15) is 4.32 Å². The van der Waals surface area contributed by atoms with Gasteiger partial charge in [-0.25, -0.2) is 0 Å². The van der Waals surface area contributed by atoms with E-state index in [-0.39, 0.29) is 11.8 Å². The number of carbonyl (C=O) groups excluding carboxylic acids is 2. The molecule has 6 nitrogen and oxygen atoms in total. The number of unbranched alkanes of at least 4 members (excludes halogenated alkanes) is 2. The number of nitrogens with zero attached hydrogens (tertiary/aromatic N) is 1. The number of hydrogen-bond acceptors (Lipinski definition) is 6. The molecule has 0 bridgehead atoms. The van der Waals surface area contributed by atoms with Gasteiger partial charge in [-0.15, -0.1) is 0 Å². The molecule has 0 aromatic heterocycles. The molecule has 2 aromatic carbocycles. The number of hydrogen-bond donors (Lipinski definition) is 1. The molecule has 180 valence electrons. The number of ether oxygens (including phenoxy) is 2. The molecule has 2 aromatic rings. The number of nitrogens with one attached hydrogen (secondary N) is 1. The predicted molar refractivity (Wildman–Crippen MR) is 143 cm³/mol. The largest absolute Gasteiger partial charge is 0.493 e. The summed E-state index contributed by atoms with van der Waals surface area (Å²) in [7, 11) is 3.14. The Balaban J connectivity index is 1.46. The number of thiocarbonyl (C=S) groups is 1. The fourth-order valence-electron chi connectivity index (χ4n) is 3.32. The molecule has 2 amide bonds. The van der Waals surface area contributed by atoms with Crippen LogP contribution in [0.3, 0.4) is 0 Å². The van der Waals surface area contributed by atoms with E-state index in [1.165, 1.54) is 11.8 Å². The van der Waals surface area contributed by atoms with Gasteiger partial charge in [0, 0.05) is 18.0 Å². The molecule has 3 rings (SSSR count). The molecule has 0 unspecified atom stereocenters. The summed E-state index contributed by atoms with van der Waals surface area (Å²) in [5.41, 5.74) is 1.36. The second-order valence-corrected chi connectivity index (χ2v) is 9.95. The van der Waals surface area contributed by atoms with Crippen molar-refractivity contribution in [1.29, 1.82) is 0 Å². The van der Waals surface area contributed by atoms with E-state index in [9.17, 15) is 9.59 Å². The number of methoxy groups -OCH3 is 2. The van der Waals surface area contributed by atoms with E-state index in [0.717, 1.165) is 18.4 Å². The van der Waals surface area contributed by atoms with E-state index in [1.807, 2.05) is 12.1 Å². The van der Waals surface area contributed by atoms with Crippen molar-refractivity contribution < 1.29 is 19.1 Å². The Hall–Kier alpha value is -2.26. The van der Waals surface area contributed by atoms with E-state index < -0.39 is 0 Å². The zero-order valence-corrected chi connectivity index (χ0v) is 21.9. The molecule has 1 saturated heterocycles. The topological polar surface area (TPSA) is 67.9 Å². The van der Waals surface area contributed by atoms with Gasteiger partial charge >= 0.3 is 0 Å². The third-order valence-electron chi connectivity index (χ3n) is 5.07. The summed E-state index contributed by atoms with van der Waals surface area (Å²) < 4.78 is 11.1. The zero-order chi connectivity index (χ0) is 24.7. The summed E-state index contributed by atoms with van der Waals surface area (Å²) in [5, 5.41) is 3.70. The van der Waals surface area contributed by atoms with Crippen molar-refractivity contribution in [3.63, 3.8) is 0 Å². The highest BCUT2D eigenvalue weighted by Gasteiger charge is 2.31. The SMILES string of the molecule is COc1ccc(C=C2SC(=S)N(CCCCCC(=O)Nc3ccc(Cl)cc3Cl)C2=O)cc1OC. The maximum absolute atomic E-state index is 12.8. The summed E-state index contributed by atoms with van der Waals surface area (Å²) in [4.78, 5) is 27.2. The van der Waals surface area contributed by atoms with Crippen molar-refractivity contribution in [1.82, 2.24) is 4.90 Å². The van der Waals surface area contributed by atoms with Crippen LogP contribution in [0.2, 0.25) is 10.0 Å². The first-order valence-electron chi connectivity index (χ1n) is 10.5. The van der Waals surface area contributed by atoms with Crippen LogP contribution in [0.15, 0.2) is 41.3 Å². The molecule has 0 saturated carbocycles. The molecule has 10 heteroatoms. The van der Waals surface area contributed by atoms with Gasteiger partial charge in [-0.2, -0.15) is 0 Å². The standard InChI is InChI=1S/C24H24Cl2N2O4S2/c1-31-19-10-7-15(12-20(19)32-2)13-21-23(30)28(24(33)34-21)11-5-3-4-6-22(29)27-18-9-8-16(25)14-17(18)26/h7-10,12-14H,3-6,11H2,1-2H3,(H,27,29). The molecule has 1 aliphatic rings. The number of thioether (sulfide) groups is 1. The lowest BCUT2D eigenvalue weighted by molar-refractivity contribution is -0.122. The molecule has 1 N–H and O–H groups in total. The van der Waals surface area contributed by atoms with Crippen LogP contribution in [0.4, 0.5) is 5.69 Å². The van der Waals surface area contributed by atoms with Gasteiger partial charge in [0.25, 0.3) is 5.91 Å². The molecule has 0 radical (unpaired) electrons. The lowest BCUT2D eigenvalue weighted by Gasteiger charge is -2.14. The third kappa shape index (κ3) is 6.88. The van der Waals surface area contributed by atoms with E-state index in [0.29, 0.717) is 55.8 Å². The van der Waals surface area contributed by atoms with Crippen LogP contribution in [-0.2, 0) is 9.59 Å². The first-order chi connectivity index (χ1) is 16.3. The van der Waals surface area contributed by atoms with Crippen molar-refractivity contribution >= 4 is 75.1 Å². The van der Waals surface area contributed by atoms with Crippen LogP contribution in [0.1, 0.15) is 31.2 Å². The van der Waals surface area contributed by atoms with Crippen LogP contribution in [-0.4, -0.2) is 41.8 Å². The second-order valence-electron chi connectivity index (χ2n) is 7.43. The van der Waals surface area contributed by atoms with Crippen molar-refractivity contribution in [2.75, 3.05) is 26.1 Å². The van der Waals surface area contributed by atoms with E-state index in [1.54, 1.807) is 49.5 Å². The highest BCUT2D eigenvalue weighted by atomic mass is 35.5. The summed E-state index contributed by atoms with van der Waals surface area (Å²) in [6, 6.07) is 10.4. The van der Waals surface area contributed by atoms with Crippen molar-refractivity contribution in [2.45, 2.75) is 25.7 Å². The molecular formula is C24H24Cl2N2O4S2. The number of halogens is 2. The highest BCUT2D eigenvalue weighted by molar-refractivity contribution is 8.26. The van der Waals surface area contributed by atoms with Crippen LogP contribution in [0.5, 0.6) is 11.5 Å². The average molecular weight is 540 g/mol. The first kappa shape index (κ1) is 26.3. The Morgan fingerprint density at radius 3 is 2.56 bits per heavy atom. The van der Waals surface area contributed by atoms with Crippen molar-refractivity contribution in [3.05, 3.63) is 56.9 Å². The van der Waals surface area contributed by atoms with E-state index in [2.05, 4.69) is 5.32 Å². The number of amides is 2. The molecule has 0 aliphatic carbocycles. The van der Waals surface area contributed by atoms with E-state index >= 15 is 0 Å². The van der Waals surface area contributed by atoms with Gasteiger partial charge < -0.3 is 14.8 Å². The van der Waals surface area contributed by atoms with Crippen LogP contribution < -0.4 is 14.8 Å². The Morgan fingerprint density at radius 2 is 1.85 bits per heavy atom. The molecule has 0 atom stereocenters. The quantitative estimate of drug-likeness (QED) is 0.214. The molecule has 1 heterocycles. The molecule has 1 fully saturated rings. The van der Waals surface area contributed by atoms with Crippen LogP contribution >= 0.6 is 47.2 Å². The number of rotatable bonds is 10. The van der Waals surface area contributed by atoms with Gasteiger partial charge in [-0.05, 0) is 54.8 Å². The number of anilines is 1. The summed E-state index contributed by atoms with van der Waals surface area (Å²) in [6.07, 6.45) is 4.37. The zero-order valence-electron chi connectivity index (χ0n) is 18.7. The molecule has 1 aliphatic heterocycles. The number of benzene rings is 2. The lowest BCUT2D eigenvalue weighted by Crippen LogP contribution is -2.29. The maximum atomic E-state index is 12.8. The van der Waals surface area contributed by atoms with Crippen LogP contribution in [0, 0.1) is 0 Å². The van der Waals surface area contributed by atoms with Crippen molar-refractivity contribution in [2.24, 2.45) is 0 Å². The van der Waals surface area contributed by atoms with Crippen molar-refractivity contribution in [3.8, 4) is 11.5 Å². The second kappa shape index (κ2) is 12.4.